The minimum Gasteiger partial charge on any atom is -0.491 e. The smallest absolute Gasteiger partial charge is 0.338 e. The Hall–Kier alpha value is -2.77. The summed E-state index contributed by atoms with van der Waals surface area (Å²) in [5.74, 6) is 1.74. The molecule has 1 atom stereocenters. The summed E-state index contributed by atoms with van der Waals surface area (Å²) in [5.41, 5.74) is 1.55. The van der Waals surface area contributed by atoms with E-state index >= 15 is 0 Å². The number of fused-ring (bicyclic) bond motifs is 1. The van der Waals surface area contributed by atoms with E-state index in [9.17, 15) is 9.90 Å². The van der Waals surface area contributed by atoms with Crippen LogP contribution >= 0.6 is 0 Å². The van der Waals surface area contributed by atoms with E-state index < -0.39 is 6.10 Å². The Kier molecular flexibility index (Phi) is 6.73. The van der Waals surface area contributed by atoms with Gasteiger partial charge in [-0.2, -0.15) is 0 Å². The van der Waals surface area contributed by atoms with Crippen LogP contribution in [0.25, 0.3) is 0 Å². The van der Waals surface area contributed by atoms with Gasteiger partial charge in [0.1, 0.15) is 18.5 Å². The van der Waals surface area contributed by atoms with Crippen LogP contribution in [0, 0.1) is 0 Å². The highest BCUT2D eigenvalue weighted by atomic mass is 16.7. The number of carbonyl (C=O) groups is 1. The van der Waals surface area contributed by atoms with Crippen molar-refractivity contribution in [1.82, 2.24) is 4.90 Å². The maximum atomic E-state index is 11.6. The highest BCUT2D eigenvalue weighted by molar-refractivity contribution is 5.89. The van der Waals surface area contributed by atoms with Gasteiger partial charge in [-0.1, -0.05) is 6.07 Å². The van der Waals surface area contributed by atoms with Gasteiger partial charge in [0.05, 0.1) is 12.2 Å². The highest BCUT2D eigenvalue weighted by Gasteiger charge is 2.15. The molecule has 150 valence electrons. The standard InChI is InChI=1S/C21H25NO6/c1-3-25-21(24)16-5-7-18(8-6-16)26-13-17(23)12-22(2)11-15-4-9-19-20(10-15)28-14-27-19/h4-10,17,23H,3,11-14H2,1-2H3/t17-/m1/s1. The van der Waals surface area contributed by atoms with Crippen molar-refractivity contribution in [3.05, 3.63) is 53.6 Å². The average Bonchev–Trinajstić information content (AvgIpc) is 3.14. The molecule has 1 aliphatic heterocycles. The predicted octanol–water partition coefficient (Wildman–Crippen LogP) is 2.46. The fraction of sp³-hybridized carbons (Fsp3) is 0.381. The largest absolute Gasteiger partial charge is 0.491 e. The van der Waals surface area contributed by atoms with Gasteiger partial charge < -0.3 is 24.1 Å². The van der Waals surface area contributed by atoms with Crippen LogP contribution in [0.2, 0.25) is 0 Å². The molecule has 0 bridgehead atoms. The monoisotopic (exact) mass is 387 g/mol. The third-order valence-corrected chi connectivity index (χ3v) is 4.22. The third kappa shape index (κ3) is 5.37. The molecule has 28 heavy (non-hydrogen) atoms. The van der Waals surface area contributed by atoms with Gasteiger partial charge in [-0.05, 0) is 55.9 Å². The van der Waals surface area contributed by atoms with Crippen LogP contribution in [0.4, 0.5) is 0 Å². The Morgan fingerprint density at radius 2 is 1.93 bits per heavy atom. The topological polar surface area (TPSA) is 77.5 Å². The molecule has 0 aromatic heterocycles. The van der Waals surface area contributed by atoms with Crippen molar-refractivity contribution < 1.29 is 28.8 Å². The number of hydrogen-bond acceptors (Lipinski definition) is 7. The first-order chi connectivity index (χ1) is 13.5. The molecule has 0 saturated heterocycles. The van der Waals surface area contributed by atoms with Crippen molar-refractivity contribution in [3.63, 3.8) is 0 Å². The van der Waals surface area contributed by atoms with Crippen molar-refractivity contribution in [2.45, 2.75) is 19.6 Å². The zero-order valence-electron chi connectivity index (χ0n) is 16.1. The Bertz CT molecular complexity index is 792. The molecule has 0 saturated carbocycles. The van der Waals surface area contributed by atoms with E-state index in [-0.39, 0.29) is 19.4 Å². The van der Waals surface area contributed by atoms with Gasteiger partial charge >= 0.3 is 5.97 Å². The number of aliphatic hydroxyl groups is 1. The number of rotatable bonds is 9. The van der Waals surface area contributed by atoms with Crippen LogP contribution in [0.1, 0.15) is 22.8 Å². The minimum absolute atomic E-state index is 0.157. The number of esters is 1. The second kappa shape index (κ2) is 9.43. The van der Waals surface area contributed by atoms with Crippen molar-refractivity contribution in [1.29, 1.82) is 0 Å². The predicted molar refractivity (Wildman–Crippen MR) is 103 cm³/mol. The molecule has 0 unspecified atom stereocenters. The number of carbonyl (C=O) groups excluding carboxylic acids is 1. The molecular weight excluding hydrogens is 362 g/mol. The molecule has 0 fully saturated rings. The third-order valence-electron chi connectivity index (χ3n) is 4.22. The van der Waals surface area contributed by atoms with Gasteiger partial charge in [-0.15, -0.1) is 0 Å². The molecule has 7 nitrogen and oxygen atoms in total. The lowest BCUT2D eigenvalue weighted by molar-refractivity contribution is 0.0525. The summed E-state index contributed by atoms with van der Waals surface area (Å²) in [6.45, 7) is 3.64. The van der Waals surface area contributed by atoms with Crippen molar-refractivity contribution in [2.75, 3.05) is 33.6 Å². The minimum atomic E-state index is -0.649. The molecule has 0 amide bonds. The second-order valence-corrected chi connectivity index (χ2v) is 6.59. The van der Waals surface area contributed by atoms with Gasteiger partial charge in [0, 0.05) is 13.1 Å². The SMILES string of the molecule is CCOC(=O)c1ccc(OC[C@H](O)CN(C)Cc2ccc3c(c2)OCO3)cc1. The van der Waals surface area contributed by atoms with Gasteiger partial charge in [-0.25, -0.2) is 4.79 Å². The lowest BCUT2D eigenvalue weighted by Gasteiger charge is -2.21. The van der Waals surface area contributed by atoms with E-state index in [2.05, 4.69) is 0 Å². The van der Waals surface area contributed by atoms with E-state index in [1.54, 1.807) is 31.2 Å². The Labute approximate surface area is 164 Å². The van der Waals surface area contributed by atoms with Crippen molar-refractivity contribution in [3.8, 4) is 17.2 Å². The van der Waals surface area contributed by atoms with Crippen LogP contribution in [0.3, 0.4) is 0 Å². The molecule has 0 spiro atoms. The van der Waals surface area contributed by atoms with Gasteiger partial charge in [-0.3, -0.25) is 4.90 Å². The molecular formula is C21H25NO6. The fourth-order valence-electron chi connectivity index (χ4n) is 2.92. The summed E-state index contributed by atoms with van der Waals surface area (Å²) in [4.78, 5) is 13.6. The Balaban J connectivity index is 1.43. The van der Waals surface area contributed by atoms with Gasteiger partial charge in [0.25, 0.3) is 0 Å². The summed E-state index contributed by atoms with van der Waals surface area (Å²) in [7, 11) is 1.93. The van der Waals surface area contributed by atoms with E-state index in [0.29, 0.717) is 31.0 Å². The number of aliphatic hydroxyl groups excluding tert-OH is 1. The molecule has 0 aliphatic carbocycles. The number of hydrogen-bond donors (Lipinski definition) is 1. The first-order valence-electron chi connectivity index (χ1n) is 9.20. The summed E-state index contributed by atoms with van der Waals surface area (Å²) in [6.07, 6.45) is -0.649. The maximum Gasteiger partial charge on any atom is 0.338 e. The lowest BCUT2D eigenvalue weighted by atomic mass is 10.2. The van der Waals surface area contributed by atoms with Gasteiger partial charge in [0.2, 0.25) is 6.79 Å². The molecule has 7 heteroatoms. The molecule has 2 aromatic rings. The van der Waals surface area contributed by atoms with Crippen LogP contribution in [-0.2, 0) is 11.3 Å². The quantitative estimate of drug-likeness (QED) is 0.662. The van der Waals surface area contributed by atoms with Crippen LogP contribution in [0.15, 0.2) is 42.5 Å². The van der Waals surface area contributed by atoms with E-state index in [1.165, 1.54) is 0 Å². The number of ether oxygens (including phenoxy) is 4. The number of nitrogens with zero attached hydrogens (tertiary/aromatic N) is 1. The first kappa shape index (κ1) is 20.0. The molecule has 1 N–H and O–H groups in total. The molecule has 3 rings (SSSR count). The van der Waals surface area contributed by atoms with E-state index in [0.717, 1.165) is 17.1 Å². The maximum absolute atomic E-state index is 11.6. The Morgan fingerprint density at radius 3 is 2.68 bits per heavy atom. The van der Waals surface area contributed by atoms with Crippen molar-refractivity contribution >= 4 is 5.97 Å². The second-order valence-electron chi connectivity index (χ2n) is 6.59. The van der Waals surface area contributed by atoms with Crippen LogP contribution < -0.4 is 14.2 Å². The zero-order valence-corrected chi connectivity index (χ0v) is 16.1. The van der Waals surface area contributed by atoms with E-state index in [4.69, 9.17) is 18.9 Å². The number of likely N-dealkylation sites (N-methyl/N-ethyl adjacent to an activating group) is 1. The zero-order chi connectivity index (χ0) is 19.9. The average molecular weight is 387 g/mol. The first-order valence-corrected chi connectivity index (χ1v) is 9.20. The van der Waals surface area contributed by atoms with E-state index in [1.807, 2.05) is 30.1 Å². The summed E-state index contributed by atoms with van der Waals surface area (Å²) in [5, 5.41) is 10.2. The number of benzene rings is 2. The van der Waals surface area contributed by atoms with Crippen LogP contribution in [0.5, 0.6) is 17.2 Å². The molecule has 0 radical (unpaired) electrons. The molecule has 2 aromatic carbocycles. The van der Waals surface area contributed by atoms with Crippen molar-refractivity contribution in [2.24, 2.45) is 0 Å². The fourth-order valence-corrected chi connectivity index (χ4v) is 2.92. The molecule has 1 aliphatic rings. The summed E-state index contributed by atoms with van der Waals surface area (Å²) in [6, 6.07) is 12.5. The van der Waals surface area contributed by atoms with Crippen LogP contribution in [-0.4, -0.2) is 55.7 Å². The summed E-state index contributed by atoms with van der Waals surface area (Å²) >= 11 is 0. The molecule has 1 heterocycles. The lowest BCUT2D eigenvalue weighted by Crippen LogP contribution is -2.32. The highest BCUT2D eigenvalue weighted by Crippen LogP contribution is 2.32. The van der Waals surface area contributed by atoms with Gasteiger partial charge in [0.15, 0.2) is 11.5 Å². The summed E-state index contributed by atoms with van der Waals surface area (Å²) < 4.78 is 21.3. The Morgan fingerprint density at radius 1 is 1.18 bits per heavy atom. The normalized spacial score (nSPS) is 13.4.